The van der Waals surface area contributed by atoms with Gasteiger partial charge in [0.2, 0.25) is 0 Å². The minimum absolute atomic E-state index is 0.321. The number of fused-ring (bicyclic) bond motifs is 6. The van der Waals surface area contributed by atoms with Crippen molar-refractivity contribution in [1.82, 2.24) is 0 Å². The molecule has 0 aliphatic rings. The number of benzene rings is 6. The second-order valence-corrected chi connectivity index (χ2v) is 7.60. The standard InChI is InChI=1S/C28H18O/c29-28-17-22(16-27-24-8-4-2-6-19(24)13-14-25(27)28)21-12-11-20-10-9-18-5-1-3-7-23(18)26(20)15-21/h1-17,29H. The van der Waals surface area contributed by atoms with Crippen LogP contribution in [0, 0.1) is 0 Å². The molecule has 6 aromatic carbocycles. The number of phenolic OH excluding ortho intramolecular Hbond substituents is 1. The summed E-state index contributed by atoms with van der Waals surface area (Å²) in [5.74, 6) is 0.321. The highest BCUT2D eigenvalue weighted by Crippen LogP contribution is 2.37. The minimum Gasteiger partial charge on any atom is -0.507 e. The zero-order valence-electron chi connectivity index (χ0n) is 15.8. The topological polar surface area (TPSA) is 20.2 Å². The van der Waals surface area contributed by atoms with Gasteiger partial charge in [-0.1, -0.05) is 84.9 Å². The highest BCUT2D eigenvalue weighted by molar-refractivity contribution is 6.12. The van der Waals surface area contributed by atoms with Gasteiger partial charge in [-0.05, 0) is 67.0 Å². The molecule has 0 saturated carbocycles. The van der Waals surface area contributed by atoms with Crippen LogP contribution in [-0.4, -0.2) is 5.11 Å². The SMILES string of the molecule is Oc1cc(-c2ccc3ccc4ccccc4c3c2)cc2c1ccc1ccccc12. The molecule has 0 saturated heterocycles. The Hall–Kier alpha value is -3.84. The first-order valence-electron chi connectivity index (χ1n) is 9.84. The fourth-order valence-electron chi connectivity index (χ4n) is 4.44. The molecular weight excluding hydrogens is 352 g/mol. The number of phenols is 1. The average Bonchev–Trinajstić information content (AvgIpc) is 2.78. The first-order chi connectivity index (χ1) is 14.3. The van der Waals surface area contributed by atoms with Gasteiger partial charge in [0.25, 0.3) is 0 Å². The van der Waals surface area contributed by atoms with Gasteiger partial charge >= 0.3 is 0 Å². The molecule has 0 radical (unpaired) electrons. The molecule has 1 nitrogen and oxygen atoms in total. The summed E-state index contributed by atoms with van der Waals surface area (Å²) in [7, 11) is 0. The summed E-state index contributed by atoms with van der Waals surface area (Å²) in [6.07, 6.45) is 0. The minimum atomic E-state index is 0.321. The maximum atomic E-state index is 10.8. The smallest absolute Gasteiger partial charge is 0.124 e. The summed E-state index contributed by atoms with van der Waals surface area (Å²) in [5, 5.41) is 20.0. The molecule has 6 aromatic rings. The van der Waals surface area contributed by atoms with Crippen molar-refractivity contribution < 1.29 is 5.11 Å². The van der Waals surface area contributed by atoms with Gasteiger partial charge in [-0.25, -0.2) is 0 Å². The van der Waals surface area contributed by atoms with Gasteiger partial charge in [-0.3, -0.25) is 0 Å². The van der Waals surface area contributed by atoms with Crippen molar-refractivity contribution >= 4 is 43.1 Å². The van der Waals surface area contributed by atoms with Gasteiger partial charge in [-0.15, -0.1) is 0 Å². The van der Waals surface area contributed by atoms with Gasteiger partial charge in [0, 0.05) is 5.39 Å². The van der Waals surface area contributed by atoms with E-state index >= 15 is 0 Å². The second kappa shape index (κ2) is 6.08. The molecule has 29 heavy (non-hydrogen) atoms. The number of aromatic hydroxyl groups is 1. The Bertz CT molecular complexity index is 1560. The summed E-state index contributed by atoms with van der Waals surface area (Å²) in [6.45, 7) is 0. The van der Waals surface area contributed by atoms with E-state index in [4.69, 9.17) is 0 Å². The molecule has 0 aliphatic carbocycles. The lowest BCUT2D eigenvalue weighted by molar-refractivity contribution is 0.482. The van der Waals surface area contributed by atoms with E-state index in [9.17, 15) is 5.11 Å². The first-order valence-corrected chi connectivity index (χ1v) is 9.84. The monoisotopic (exact) mass is 370 g/mol. The van der Waals surface area contributed by atoms with Crippen LogP contribution in [0.1, 0.15) is 0 Å². The van der Waals surface area contributed by atoms with Crippen LogP contribution in [0.2, 0.25) is 0 Å². The van der Waals surface area contributed by atoms with Crippen LogP contribution in [0.5, 0.6) is 5.75 Å². The van der Waals surface area contributed by atoms with Gasteiger partial charge in [0.05, 0.1) is 0 Å². The zero-order chi connectivity index (χ0) is 19.4. The predicted octanol–water partition coefficient (Wildman–Crippen LogP) is 7.67. The fourth-order valence-corrected chi connectivity index (χ4v) is 4.44. The maximum Gasteiger partial charge on any atom is 0.124 e. The highest BCUT2D eigenvalue weighted by atomic mass is 16.3. The summed E-state index contributed by atoms with van der Waals surface area (Å²) in [5.41, 5.74) is 2.14. The number of hydrogen-bond acceptors (Lipinski definition) is 1. The second-order valence-electron chi connectivity index (χ2n) is 7.60. The van der Waals surface area contributed by atoms with Crippen molar-refractivity contribution in [2.75, 3.05) is 0 Å². The molecule has 0 amide bonds. The summed E-state index contributed by atoms with van der Waals surface area (Å²) in [4.78, 5) is 0. The Morgan fingerprint density at radius 1 is 0.379 bits per heavy atom. The third-order valence-electron chi connectivity index (χ3n) is 5.92. The molecule has 0 unspecified atom stereocenters. The van der Waals surface area contributed by atoms with E-state index in [0.717, 1.165) is 27.3 Å². The summed E-state index contributed by atoms with van der Waals surface area (Å²) >= 11 is 0. The Morgan fingerprint density at radius 3 is 1.69 bits per heavy atom. The first kappa shape index (κ1) is 16.1. The lowest BCUT2D eigenvalue weighted by atomic mass is 9.94. The molecule has 0 bridgehead atoms. The zero-order valence-corrected chi connectivity index (χ0v) is 15.8. The van der Waals surface area contributed by atoms with Crippen molar-refractivity contribution in [2.45, 2.75) is 0 Å². The Morgan fingerprint density at radius 2 is 0.931 bits per heavy atom. The van der Waals surface area contributed by atoms with Gasteiger partial charge in [0.15, 0.2) is 0 Å². The van der Waals surface area contributed by atoms with Crippen molar-refractivity contribution in [3.63, 3.8) is 0 Å². The molecule has 0 spiro atoms. The Kier molecular flexibility index (Phi) is 3.39. The van der Waals surface area contributed by atoms with E-state index in [1.54, 1.807) is 0 Å². The van der Waals surface area contributed by atoms with Crippen LogP contribution in [0.4, 0.5) is 0 Å². The van der Waals surface area contributed by atoms with E-state index < -0.39 is 0 Å². The van der Waals surface area contributed by atoms with Crippen molar-refractivity contribution in [3.05, 3.63) is 103 Å². The molecule has 1 N–H and O–H groups in total. The third kappa shape index (κ3) is 2.48. The van der Waals surface area contributed by atoms with Crippen LogP contribution >= 0.6 is 0 Å². The molecule has 0 heterocycles. The third-order valence-corrected chi connectivity index (χ3v) is 5.92. The molecular formula is C28H18O. The van der Waals surface area contributed by atoms with E-state index in [1.165, 1.54) is 26.9 Å². The molecule has 6 rings (SSSR count). The van der Waals surface area contributed by atoms with Crippen LogP contribution in [0.3, 0.4) is 0 Å². The quantitative estimate of drug-likeness (QED) is 0.294. The summed E-state index contributed by atoms with van der Waals surface area (Å²) < 4.78 is 0. The molecule has 1 heteroatoms. The summed E-state index contributed by atoms with van der Waals surface area (Å²) in [6, 6.07) is 35.9. The average molecular weight is 370 g/mol. The maximum absolute atomic E-state index is 10.8. The Balaban J connectivity index is 1.66. The van der Waals surface area contributed by atoms with Crippen LogP contribution < -0.4 is 0 Å². The van der Waals surface area contributed by atoms with Gasteiger partial charge < -0.3 is 5.11 Å². The predicted molar refractivity (Wildman–Crippen MR) is 124 cm³/mol. The van der Waals surface area contributed by atoms with Crippen molar-refractivity contribution in [2.24, 2.45) is 0 Å². The number of rotatable bonds is 1. The fraction of sp³-hybridized carbons (Fsp3) is 0. The molecule has 0 atom stereocenters. The van der Waals surface area contributed by atoms with Crippen LogP contribution in [-0.2, 0) is 0 Å². The largest absolute Gasteiger partial charge is 0.507 e. The molecule has 0 aliphatic heterocycles. The van der Waals surface area contributed by atoms with E-state index in [2.05, 4.69) is 78.9 Å². The Labute approximate surface area is 168 Å². The van der Waals surface area contributed by atoms with E-state index in [1.807, 2.05) is 24.3 Å². The van der Waals surface area contributed by atoms with E-state index in [-0.39, 0.29) is 0 Å². The van der Waals surface area contributed by atoms with Crippen LogP contribution in [0.25, 0.3) is 54.2 Å². The normalized spacial score (nSPS) is 11.6. The molecule has 136 valence electrons. The van der Waals surface area contributed by atoms with Crippen molar-refractivity contribution in [3.8, 4) is 16.9 Å². The number of hydrogen-bond donors (Lipinski definition) is 1. The van der Waals surface area contributed by atoms with Crippen molar-refractivity contribution in [1.29, 1.82) is 0 Å². The van der Waals surface area contributed by atoms with Gasteiger partial charge in [0.1, 0.15) is 5.75 Å². The lowest BCUT2D eigenvalue weighted by Crippen LogP contribution is -1.84. The van der Waals surface area contributed by atoms with Crippen LogP contribution in [0.15, 0.2) is 103 Å². The highest BCUT2D eigenvalue weighted by Gasteiger charge is 2.09. The van der Waals surface area contributed by atoms with Gasteiger partial charge in [-0.2, -0.15) is 0 Å². The van der Waals surface area contributed by atoms with E-state index in [0.29, 0.717) is 5.75 Å². The lowest BCUT2D eigenvalue weighted by Gasteiger charge is -2.11. The molecule has 0 fully saturated rings. The molecule has 0 aromatic heterocycles.